The third-order valence-electron chi connectivity index (χ3n) is 3.76. The van der Waals surface area contributed by atoms with Crippen molar-refractivity contribution in [1.82, 2.24) is 0 Å². The molecule has 18 heavy (non-hydrogen) atoms. The number of likely N-dealkylation sites (N-methyl/N-ethyl adjacent to an activating group) is 1. The van der Waals surface area contributed by atoms with E-state index in [4.69, 9.17) is 10.5 Å². The van der Waals surface area contributed by atoms with Crippen LogP contribution in [0.3, 0.4) is 0 Å². The van der Waals surface area contributed by atoms with Gasteiger partial charge in [-0.2, -0.15) is 0 Å². The van der Waals surface area contributed by atoms with Crippen LogP contribution in [0.2, 0.25) is 0 Å². The fourth-order valence-corrected chi connectivity index (χ4v) is 2.82. The molecular weight excluding hydrogens is 224 g/mol. The van der Waals surface area contributed by atoms with Crippen molar-refractivity contribution >= 4 is 5.69 Å². The van der Waals surface area contributed by atoms with Crippen molar-refractivity contribution in [3.8, 4) is 0 Å². The molecule has 0 spiro atoms. The van der Waals surface area contributed by atoms with Crippen molar-refractivity contribution in [2.45, 2.75) is 44.9 Å². The number of hydrogen-bond acceptors (Lipinski definition) is 3. The molecule has 3 heteroatoms. The van der Waals surface area contributed by atoms with Gasteiger partial charge in [0, 0.05) is 18.8 Å². The lowest BCUT2D eigenvalue weighted by atomic mass is 10.0. The summed E-state index contributed by atoms with van der Waals surface area (Å²) in [5.74, 6) is 0. The van der Waals surface area contributed by atoms with E-state index in [-0.39, 0.29) is 12.1 Å². The van der Waals surface area contributed by atoms with Crippen LogP contribution in [0, 0.1) is 0 Å². The topological polar surface area (TPSA) is 38.5 Å². The van der Waals surface area contributed by atoms with Crippen LogP contribution in [0.5, 0.6) is 0 Å². The lowest BCUT2D eigenvalue weighted by Crippen LogP contribution is -2.48. The van der Waals surface area contributed by atoms with E-state index < -0.39 is 0 Å². The third kappa shape index (κ3) is 2.85. The van der Waals surface area contributed by atoms with Gasteiger partial charge in [0.1, 0.15) is 0 Å². The molecule has 0 aliphatic carbocycles. The minimum Gasteiger partial charge on any atom is -0.373 e. The van der Waals surface area contributed by atoms with Crippen LogP contribution in [0.15, 0.2) is 30.3 Å². The molecule has 0 aromatic heterocycles. The molecular formula is C15H24N2O. The summed E-state index contributed by atoms with van der Waals surface area (Å²) in [6, 6.07) is 10.8. The lowest BCUT2D eigenvalue weighted by molar-refractivity contribution is 0.0403. The van der Waals surface area contributed by atoms with E-state index in [0.29, 0.717) is 12.6 Å². The molecule has 2 N–H and O–H groups in total. The van der Waals surface area contributed by atoms with Gasteiger partial charge in [0.2, 0.25) is 0 Å². The maximum absolute atomic E-state index is 6.00. The van der Waals surface area contributed by atoms with Crippen molar-refractivity contribution in [2.24, 2.45) is 5.73 Å². The van der Waals surface area contributed by atoms with E-state index in [1.807, 2.05) is 6.07 Å². The second kappa shape index (κ2) is 6.21. The van der Waals surface area contributed by atoms with Crippen molar-refractivity contribution in [3.63, 3.8) is 0 Å². The lowest BCUT2D eigenvalue weighted by Gasteiger charge is -2.35. The van der Waals surface area contributed by atoms with Crippen LogP contribution in [0.1, 0.15) is 26.7 Å². The van der Waals surface area contributed by atoms with Crippen molar-refractivity contribution in [1.29, 1.82) is 0 Å². The van der Waals surface area contributed by atoms with E-state index in [1.165, 1.54) is 5.69 Å². The average Bonchev–Trinajstić information content (AvgIpc) is 2.83. The van der Waals surface area contributed by atoms with Gasteiger partial charge in [-0.05, 0) is 38.8 Å². The highest BCUT2D eigenvalue weighted by Gasteiger charge is 2.32. The molecule has 0 bridgehead atoms. The quantitative estimate of drug-likeness (QED) is 0.869. The molecule has 3 nitrogen and oxygen atoms in total. The fourth-order valence-electron chi connectivity index (χ4n) is 2.82. The van der Waals surface area contributed by atoms with Crippen molar-refractivity contribution < 1.29 is 4.74 Å². The van der Waals surface area contributed by atoms with Crippen LogP contribution in [-0.2, 0) is 4.74 Å². The SMILES string of the molecule is CCN(c1ccccc1)C(CN)C1CCC(C)O1. The van der Waals surface area contributed by atoms with Crippen LogP contribution in [0.4, 0.5) is 5.69 Å². The molecule has 1 aliphatic rings. The predicted molar refractivity (Wildman–Crippen MR) is 75.9 cm³/mol. The number of hydrogen-bond donors (Lipinski definition) is 1. The molecule has 0 radical (unpaired) electrons. The Hall–Kier alpha value is -1.06. The highest BCUT2D eigenvalue weighted by molar-refractivity contribution is 5.47. The van der Waals surface area contributed by atoms with Gasteiger partial charge in [-0.1, -0.05) is 18.2 Å². The van der Waals surface area contributed by atoms with Crippen molar-refractivity contribution in [3.05, 3.63) is 30.3 Å². The second-order valence-corrected chi connectivity index (χ2v) is 4.99. The molecule has 1 aliphatic heterocycles. The number of rotatable bonds is 5. The van der Waals surface area contributed by atoms with Crippen molar-refractivity contribution in [2.75, 3.05) is 18.0 Å². The van der Waals surface area contributed by atoms with E-state index in [9.17, 15) is 0 Å². The molecule has 1 aromatic rings. The smallest absolute Gasteiger partial charge is 0.0795 e. The van der Waals surface area contributed by atoms with Gasteiger partial charge in [0.15, 0.2) is 0 Å². The standard InChI is InChI=1S/C15H24N2O/c1-3-17(13-7-5-4-6-8-13)14(11-16)15-10-9-12(2)18-15/h4-8,12,14-15H,3,9-11,16H2,1-2H3. The van der Waals surface area contributed by atoms with Gasteiger partial charge in [0.05, 0.1) is 18.2 Å². The molecule has 2 rings (SSSR count). The number of nitrogens with zero attached hydrogens (tertiary/aromatic N) is 1. The summed E-state index contributed by atoms with van der Waals surface area (Å²) >= 11 is 0. The minimum absolute atomic E-state index is 0.269. The van der Waals surface area contributed by atoms with Gasteiger partial charge in [-0.15, -0.1) is 0 Å². The zero-order chi connectivity index (χ0) is 13.0. The molecule has 1 aromatic carbocycles. The van der Waals surface area contributed by atoms with E-state index >= 15 is 0 Å². The summed E-state index contributed by atoms with van der Waals surface area (Å²) in [6.45, 7) is 5.92. The zero-order valence-electron chi connectivity index (χ0n) is 11.4. The van der Waals surface area contributed by atoms with Gasteiger partial charge in [-0.3, -0.25) is 0 Å². The molecule has 1 fully saturated rings. The summed E-state index contributed by atoms with van der Waals surface area (Å²) in [4.78, 5) is 2.36. The summed E-state index contributed by atoms with van der Waals surface area (Å²) in [5.41, 5.74) is 7.22. The first-order chi connectivity index (χ1) is 8.76. The minimum atomic E-state index is 0.269. The Balaban J connectivity index is 2.14. The molecule has 0 saturated carbocycles. The van der Waals surface area contributed by atoms with Gasteiger partial charge in [0.25, 0.3) is 0 Å². The Morgan fingerprint density at radius 3 is 2.56 bits per heavy atom. The Kier molecular flexibility index (Phi) is 4.61. The maximum Gasteiger partial charge on any atom is 0.0795 e. The van der Waals surface area contributed by atoms with E-state index in [1.54, 1.807) is 0 Å². The van der Waals surface area contributed by atoms with Gasteiger partial charge >= 0.3 is 0 Å². The Morgan fingerprint density at radius 2 is 2.06 bits per heavy atom. The predicted octanol–water partition coefficient (Wildman–Crippen LogP) is 2.41. The first-order valence-corrected chi connectivity index (χ1v) is 6.93. The molecule has 100 valence electrons. The average molecular weight is 248 g/mol. The number of ether oxygens (including phenoxy) is 1. The monoisotopic (exact) mass is 248 g/mol. The third-order valence-corrected chi connectivity index (χ3v) is 3.76. The van der Waals surface area contributed by atoms with Crippen LogP contribution >= 0.6 is 0 Å². The number of nitrogens with two attached hydrogens (primary N) is 1. The van der Waals surface area contributed by atoms with Gasteiger partial charge < -0.3 is 15.4 Å². The normalized spacial score (nSPS) is 25.1. The van der Waals surface area contributed by atoms with E-state index in [0.717, 1.165) is 19.4 Å². The largest absolute Gasteiger partial charge is 0.373 e. The molecule has 3 atom stereocenters. The Bertz CT molecular complexity index is 355. The summed E-state index contributed by atoms with van der Waals surface area (Å²) in [6.07, 6.45) is 2.91. The summed E-state index contributed by atoms with van der Waals surface area (Å²) < 4.78 is 6.00. The highest BCUT2D eigenvalue weighted by atomic mass is 16.5. The second-order valence-electron chi connectivity index (χ2n) is 4.99. The maximum atomic E-state index is 6.00. The molecule has 1 heterocycles. The summed E-state index contributed by atoms with van der Waals surface area (Å²) in [5, 5.41) is 0. The molecule has 1 saturated heterocycles. The Morgan fingerprint density at radius 1 is 1.33 bits per heavy atom. The van der Waals surface area contributed by atoms with Crippen LogP contribution in [-0.4, -0.2) is 31.3 Å². The van der Waals surface area contributed by atoms with Crippen LogP contribution in [0.25, 0.3) is 0 Å². The number of benzene rings is 1. The Labute approximate surface area is 110 Å². The fraction of sp³-hybridized carbons (Fsp3) is 0.600. The first kappa shape index (κ1) is 13.4. The highest BCUT2D eigenvalue weighted by Crippen LogP contribution is 2.27. The molecule has 3 unspecified atom stereocenters. The summed E-state index contributed by atoms with van der Waals surface area (Å²) in [7, 11) is 0. The zero-order valence-corrected chi connectivity index (χ0v) is 11.4. The number of anilines is 1. The first-order valence-electron chi connectivity index (χ1n) is 6.93. The van der Waals surface area contributed by atoms with Crippen LogP contribution < -0.4 is 10.6 Å². The van der Waals surface area contributed by atoms with Gasteiger partial charge in [-0.25, -0.2) is 0 Å². The number of para-hydroxylation sites is 1. The molecule has 0 amide bonds. The van der Waals surface area contributed by atoms with E-state index in [2.05, 4.69) is 43.0 Å².